The number of aromatic nitrogens is 2. The average Bonchev–Trinajstić information content (AvgIpc) is 2.52. The van der Waals surface area contributed by atoms with Crippen molar-refractivity contribution < 1.29 is 14.7 Å². The molecule has 7 heteroatoms. The van der Waals surface area contributed by atoms with Crippen LogP contribution in [-0.2, 0) is 4.79 Å². The van der Waals surface area contributed by atoms with Gasteiger partial charge >= 0.3 is 11.8 Å². The number of anilines is 1. The van der Waals surface area contributed by atoms with Gasteiger partial charge in [0.05, 0.1) is 11.0 Å². The second-order valence-electron chi connectivity index (χ2n) is 3.46. The molecule has 2 aromatic rings. The van der Waals surface area contributed by atoms with Crippen LogP contribution in [0.15, 0.2) is 23.0 Å². The van der Waals surface area contributed by atoms with Gasteiger partial charge in [-0.05, 0) is 18.2 Å². The number of aromatic amines is 1. The van der Waals surface area contributed by atoms with Gasteiger partial charge in [-0.1, -0.05) is 0 Å². The van der Waals surface area contributed by atoms with Crippen LogP contribution >= 0.6 is 0 Å². The molecule has 0 aliphatic heterocycles. The second-order valence-corrected chi connectivity index (χ2v) is 3.46. The van der Waals surface area contributed by atoms with Crippen LogP contribution in [0.3, 0.4) is 0 Å². The molecule has 0 atom stereocenters. The molecule has 88 valence electrons. The number of hydrogen-bond acceptors (Lipinski definition) is 3. The van der Waals surface area contributed by atoms with E-state index in [0.717, 1.165) is 0 Å². The Morgan fingerprint density at radius 1 is 1.41 bits per heavy atom. The van der Waals surface area contributed by atoms with E-state index in [4.69, 9.17) is 5.11 Å². The molecule has 3 N–H and O–H groups in total. The van der Waals surface area contributed by atoms with Gasteiger partial charge in [0.1, 0.15) is 0 Å². The lowest BCUT2D eigenvalue weighted by Gasteiger charge is -2.02. The lowest BCUT2D eigenvalue weighted by atomic mass is 10.2. The van der Waals surface area contributed by atoms with Crippen molar-refractivity contribution in [3.63, 3.8) is 0 Å². The van der Waals surface area contributed by atoms with Crippen LogP contribution < -0.4 is 11.0 Å². The first-order valence-electron chi connectivity index (χ1n) is 4.74. The molecule has 0 unspecified atom stereocenters. The second kappa shape index (κ2) is 3.78. The number of nitrogens with one attached hydrogen (secondary N) is 2. The Balaban J connectivity index is 2.66. The van der Waals surface area contributed by atoms with Crippen LogP contribution in [0.2, 0.25) is 0 Å². The van der Waals surface area contributed by atoms with Crippen molar-refractivity contribution in [2.45, 2.75) is 6.92 Å². The Bertz CT molecular complexity index is 668. The van der Waals surface area contributed by atoms with Gasteiger partial charge in [0, 0.05) is 12.6 Å². The zero-order chi connectivity index (χ0) is 12.6. The molecule has 17 heavy (non-hydrogen) atoms. The van der Waals surface area contributed by atoms with E-state index in [1.807, 2.05) is 0 Å². The van der Waals surface area contributed by atoms with E-state index >= 15 is 0 Å². The van der Waals surface area contributed by atoms with Gasteiger partial charge in [-0.25, -0.2) is 9.59 Å². The standard InChI is InChI=1S/C10H9N3O4/c1-5(14)11-6-2-3-7-8(4-6)13(10(16)17)9(15)12-7/h2-4H,1H3,(H,11,14)(H,12,15)(H,16,17). The first-order chi connectivity index (χ1) is 7.99. The van der Waals surface area contributed by atoms with E-state index < -0.39 is 11.8 Å². The summed E-state index contributed by atoms with van der Waals surface area (Å²) in [5.41, 5.74) is 0.298. The minimum absolute atomic E-state index is 0.203. The van der Waals surface area contributed by atoms with E-state index in [1.54, 1.807) is 6.07 Å². The summed E-state index contributed by atoms with van der Waals surface area (Å²) in [6, 6.07) is 4.52. The number of carbonyl (C=O) groups excluding carboxylic acids is 1. The Morgan fingerprint density at radius 2 is 2.12 bits per heavy atom. The summed E-state index contributed by atoms with van der Waals surface area (Å²) >= 11 is 0. The molecular formula is C10H9N3O4. The molecule has 0 aliphatic rings. The fourth-order valence-electron chi connectivity index (χ4n) is 1.57. The number of rotatable bonds is 1. The summed E-state index contributed by atoms with van der Waals surface area (Å²) in [6.45, 7) is 1.34. The van der Waals surface area contributed by atoms with Crippen LogP contribution in [0, 0.1) is 0 Å². The summed E-state index contributed by atoms with van der Waals surface area (Å²) < 4.78 is 0.584. The predicted octanol–water partition coefficient (Wildman–Crippen LogP) is 0.814. The lowest BCUT2D eigenvalue weighted by molar-refractivity contribution is -0.114. The van der Waals surface area contributed by atoms with Crippen molar-refractivity contribution in [1.82, 2.24) is 9.55 Å². The van der Waals surface area contributed by atoms with Gasteiger partial charge in [-0.15, -0.1) is 0 Å². The van der Waals surface area contributed by atoms with Gasteiger partial charge < -0.3 is 15.4 Å². The maximum absolute atomic E-state index is 11.4. The fourth-order valence-corrected chi connectivity index (χ4v) is 1.57. The first-order valence-corrected chi connectivity index (χ1v) is 4.74. The highest BCUT2D eigenvalue weighted by molar-refractivity contribution is 5.93. The Kier molecular flexibility index (Phi) is 2.43. The van der Waals surface area contributed by atoms with Crippen molar-refractivity contribution in [1.29, 1.82) is 0 Å². The molecular weight excluding hydrogens is 226 g/mol. The maximum Gasteiger partial charge on any atom is 0.420 e. The van der Waals surface area contributed by atoms with Gasteiger partial charge in [-0.2, -0.15) is 4.57 Å². The highest BCUT2D eigenvalue weighted by Gasteiger charge is 2.12. The zero-order valence-electron chi connectivity index (χ0n) is 8.85. The third-order valence-electron chi connectivity index (χ3n) is 2.19. The van der Waals surface area contributed by atoms with Gasteiger partial charge in [0.25, 0.3) is 0 Å². The largest absolute Gasteiger partial charge is 0.464 e. The minimum atomic E-state index is -1.37. The number of hydrogen-bond donors (Lipinski definition) is 3. The summed E-state index contributed by atoms with van der Waals surface area (Å²) in [6.07, 6.45) is -1.37. The Morgan fingerprint density at radius 3 is 2.71 bits per heavy atom. The quantitative estimate of drug-likeness (QED) is 0.680. The third-order valence-corrected chi connectivity index (χ3v) is 2.19. The zero-order valence-corrected chi connectivity index (χ0v) is 8.85. The van der Waals surface area contributed by atoms with Gasteiger partial charge in [0.2, 0.25) is 5.91 Å². The molecule has 0 bridgehead atoms. The van der Waals surface area contributed by atoms with Crippen molar-refractivity contribution >= 4 is 28.7 Å². The molecule has 0 spiro atoms. The Labute approximate surface area is 94.7 Å². The molecule has 0 saturated carbocycles. The molecule has 2 rings (SSSR count). The highest BCUT2D eigenvalue weighted by atomic mass is 16.4. The number of H-pyrrole nitrogens is 1. The number of fused-ring (bicyclic) bond motifs is 1. The normalized spacial score (nSPS) is 10.4. The summed E-state index contributed by atoms with van der Waals surface area (Å²) in [5, 5.41) is 11.4. The number of imidazole rings is 1. The van der Waals surface area contributed by atoms with Crippen LogP contribution in [0.25, 0.3) is 11.0 Å². The SMILES string of the molecule is CC(=O)Nc1ccc2[nH]c(=O)n(C(=O)O)c2c1. The number of carboxylic acid groups (broad SMARTS) is 1. The topological polar surface area (TPSA) is 104 Å². The van der Waals surface area contributed by atoms with E-state index in [-0.39, 0.29) is 11.4 Å². The monoisotopic (exact) mass is 235 g/mol. The van der Waals surface area contributed by atoms with E-state index in [0.29, 0.717) is 15.8 Å². The summed E-state index contributed by atoms with van der Waals surface area (Å²) in [5.74, 6) is -0.274. The van der Waals surface area contributed by atoms with Crippen LogP contribution in [0.5, 0.6) is 0 Å². The average molecular weight is 235 g/mol. The third kappa shape index (κ3) is 1.89. The minimum Gasteiger partial charge on any atom is -0.464 e. The van der Waals surface area contributed by atoms with Crippen molar-refractivity contribution in [3.05, 3.63) is 28.7 Å². The maximum atomic E-state index is 11.4. The van der Waals surface area contributed by atoms with Crippen LogP contribution in [0.4, 0.5) is 10.5 Å². The molecule has 0 radical (unpaired) electrons. The van der Waals surface area contributed by atoms with Crippen LogP contribution in [0.1, 0.15) is 6.92 Å². The number of amides is 1. The first kappa shape index (κ1) is 10.9. The van der Waals surface area contributed by atoms with Gasteiger partial charge in [0.15, 0.2) is 0 Å². The fraction of sp³-hybridized carbons (Fsp3) is 0.100. The Hall–Kier alpha value is -2.57. The van der Waals surface area contributed by atoms with Crippen molar-refractivity contribution in [3.8, 4) is 0 Å². The number of carbonyl (C=O) groups is 2. The van der Waals surface area contributed by atoms with Gasteiger partial charge in [-0.3, -0.25) is 4.79 Å². The molecule has 1 aromatic carbocycles. The molecule has 0 saturated heterocycles. The highest BCUT2D eigenvalue weighted by Crippen LogP contribution is 2.16. The summed E-state index contributed by atoms with van der Waals surface area (Å²) in [4.78, 5) is 35.5. The smallest absolute Gasteiger partial charge is 0.420 e. The molecule has 7 nitrogen and oxygen atoms in total. The molecule has 1 amide bonds. The lowest BCUT2D eigenvalue weighted by Crippen LogP contribution is -2.22. The van der Waals surface area contributed by atoms with E-state index in [1.165, 1.54) is 19.1 Å². The van der Waals surface area contributed by atoms with E-state index in [2.05, 4.69) is 10.3 Å². The molecule has 1 heterocycles. The number of benzene rings is 1. The molecule has 1 aromatic heterocycles. The predicted molar refractivity (Wildman–Crippen MR) is 60.3 cm³/mol. The summed E-state index contributed by atoms with van der Waals surface area (Å²) in [7, 11) is 0. The van der Waals surface area contributed by atoms with Crippen molar-refractivity contribution in [2.75, 3.05) is 5.32 Å². The van der Waals surface area contributed by atoms with E-state index in [9.17, 15) is 14.4 Å². The van der Waals surface area contributed by atoms with Crippen molar-refractivity contribution in [2.24, 2.45) is 0 Å². The molecule has 0 fully saturated rings. The molecule has 0 aliphatic carbocycles. The number of nitrogens with zero attached hydrogens (tertiary/aromatic N) is 1. The van der Waals surface area contributed by atoms with Crippen LogP contribution in [-0.4, -0.2) is 26.7 Å².